The van der Waals surface area contributed by atoms with Crippen LogP contribution in [0.15, 0.2) is 35.4 Å². The van der Waals surface area contributed by atoms with Crippen molar-refractivity contribution in [2.45, 2.75) is 31.7 Å². The molecule has 1 aromatic carbocycles. The van der Waals surface area contributed by atoms with E-state index in [0.29, 0.717) is 11.8 Å². The van der Waals surface area contributed by atoms with E-state index in [1.807, 2.05) is 35.3 Å². The first-order valence-corrected chi connectivity index (χ1v) is 9.80. The Bertz CT molecular complexity index is 701. The van der Waals surface area contributed by atoms with Crippen LogP contribution in [-0.4, -0.2) is 72.2 Å². The van der Waals surface area contributed by atoms with Gasteiger partial charge in [-0.05, 0) is 51.9 Å². The smallest absolute Gasteiger partial charge is 0.274 e. The van der Waals surface area contributed by atoms with E-state index in [0.717, 1.165) is 43.8 Å². The summed E-state index contributed by atoms with van der Waals surface area (Å²) in [6.07, 6.45) is 3.24. The molecule has 1 saturated carbocycles. The Morgan fingerprint density at radius 1 is 1.27 bits per heavy atom. The van der Waals surface area contributed by atoms with Crippen LogP contribution in [0.5, 0.6) is 0 Å². The largest absolute Gasteiger partial charge is 0.308 e. The number of hydrogen-bond donors (Lipinski definition) is 0. The van der Waals surface area contributed by atoms with E-state index in [-0.39, 0.29) is 11.4 Å². The number of likely N-dealkylation sites (tertiary alicyclic amines) is 1. The number of amides is 1. The van der Waals surface area contributed by atoms with E-state index in [4.69, 9.17) is 5.10 Å². The minimum absolute atomic E-state index is 0.0647. The quantitative estimate of drug-likeness (QED) is 0.834. The van der Waals surface area contributed by atoms with Crippen molar-refractivity contribution in [3.63, 3.8) is 0 Å². The van der Waals surface area contributed by atoms with Gasteiger partial charge in [-0.15, -0.1) is 0 Å². The molecule has 0 radical (unpaired) electrons. The van der Waals surface area contributed by atoms with E-state index >= 15 is 0 Å². The Balaban J connectivity index is 1.56. The van der Waals surface area contributed by atoms with Gasteiger partial charge in [-0.2, -0.15) is 5.10 Å². The van der Waals surface area contributed by atoms with Crippen molar-refractivity contribution in [3.8, 4) is 0 Å². The third kappa shape index (κ3) is 2.97. The fourth-order valence-corrected chi connectivity index (χ4v) is 5.26. The van der Waals surface area contributed by atoms with Gasteiger partial charge in [0.15, 0.2) is 0 Å². The van der Waals surface area contributed by atoms with Crippen LogP contribution in [0.1, 0.15) is 36.5 Å². The van der Waals surface area contributed by atoms with E-state index in [2.05, 4.69) is 30.8 Å². The lowest BCUT2D eigenvalue weighted by molar-refractivity contribution is 0.0418. The third-order valence-corrected chi connectivity index (χ3v) is 6.49. The molecule has 2 fully saturated rings. The van der Waals surface area contributed by atoms with E-state index in [9.17, 15) is 4.79 Å². The molecule has 2 aliphatic heterocycles. The molecule has 0 N–H and O–H groups in total. The summed E-state index contributed by atoms with van der Waals surface area (Å²) in [5, 5.41) is 6.61. The topological polar surface area (TPSA) is 39.2 Å². The molecule has 26 heavy (non-hydrogen) atoms. The molecule has 1 saturated heterocycles. The van der Waals surface area contributed by atoms with Crippen molar-refractivity contribution in [1.29, 1.82) is 0 Å². The normalized spacial score (nSPS) is 31.1. The van der Waals surface area contributed by atoms with Gasteiger partial charge in [0, 0.05) is 49.8 Å². The molecule has 3 atom stereocenters. The molecule has 5 nitrogen and oxygen atoms in total. The first kappa shape index (κ1) is 17.7. The lowest BCUT2D eigenvalue weighted by Crippen LogP contribution is -2.50. The Hall–Kier alpha value is -1.72. The maximum atomic E-state index is 13.2. The number of benzene rings is 1. The Labute approximate surface area is 156 Å². The standard InChI is InChI=1S/C21H30N4O/c1-16-13-21(25(22-16)20(26)17-7-5-4-6-8-17)10-9-18-14-24(15-19(18)21)12-11-23(2)3/h4-8,18-19H,9-15H2,1-3H3/t18-,19+,21-/m1/s1. The molecule has 0 unspecified atom stereocenters. The van der Waals surface area contributed by atoms with Crippen LogP contribution in [0.4, 0.5) is 0 Å². The number of hydrazone groups is 1. The molecular formula is C21H30N4O. The molecule has 0 bridgehead atoms. The molecule has 1 aliphatic carbocycles. The minimum atomic E-state index is -0.103. The second kappa shape index (κ2) is 6.78. The van der Waals surface area contributed by atoms with Gasteiger partial charge in [-0.25, -0.2) is 5.01 Å². The third-order valence-electron chi connectivity index (χ3n) is 6.49. The first-order chi connectivity index (χ1) is 12.5. The van der Waals surface area contributed by atoms with Crippen molar-refractivity contribution >= 4 is 11.6 Å². The summed E-state index contributed by atoms with van der Waals surface area (Å²) in [6.45, 7) is 6.55. The van der Waals surface area contributed by atoms with Gasteiger partial charge in [0.05, 0.1) is 5.54 Å². The molecule has 1 spiro atoms. The van der Waals surface area contributed by atoms with E-state index in [1.165, 1.54) is 13.0 Å². The van der Waals surface area contributed by atoms with Crippen molar-refractivity contribution < 1.29 is 4.79 Å². The Morgan fingerprint density at radius 3 is 2.77 bits per heavy atom. The van der Waals surface area contributed by atoms with Gasteiger partial charge in [0.2, 0.25) is 0 Å². The number of nitrogens with zero attached hydrogens (tertiary/aromatic N) is 4. The van der Waals surface area contributed by atoms with Crippen molar-refractivity contribution in [3.05, 3.63) is 35.9 Å². The van der Waals surface area contributed by atoms with Crippen LogP contribution in [0.25, 0.3) is 0 Å². The molecule has 140 valence electrons. The van der Waals surface area contributed by atoms with E-state index in [1.54, 1.807) is 0 Å². The molecule has 1 amide bonds. The summed E-state index contributed by atoms with van der Waals surface area (Å²) in [5.41, 5.74) is 1.74. The maximum Gasteiger partial charge on any atom is 0.274 e. The SMILES string of the molecule is CC1=NN(C(=O)c2ccccc2)[C@]2(CC[C@@H]3CN(CCN(C)C)C[C@@H]32)C1. The zero-order valence-electron chi connectivity index (χ0n) is 16.2. The molecule has 3 aliphatic rings. The van der Waals surface area contributed by atoms with Crippen molar-refractivity contribution in [1.82, 2.24) is 14.8 Å². The summed E-state index contributed by atoms with van der Waals surface area (Å²) in [7, 11) is 4.26. The maximum absolute atomic E-state index is 13.2. The summed E-state index contributed by atoms with van der Waals surface area (Å²) < 4.78 is 0. The summed E-state index contributed by atoms with van der Waals surface area (Å²) >= 11 is 0. The van der Waals surface area contributed by atoms with Gasteiger partial charge < -0.3 is 9.80 Å². The lowest BCUT2D eigenvalue weighted by Gasteiger charge is -2.38. The molecule has 2 heterocycles. The molecule has 5 heteroatoms. The predicted octanol–water partition coefficient (Wildman–Crippen LogP) is 2.55. The first-order valence-electron chi connectivity index (χ1n) is 9.80. The number of carbonyl (C=O) groups excluding carboxylic acids is 1. The summed E-state index contributed by atoms with van der Waals surface area (Å²) in [4.78, 5) is 18.1. The summed E-state index contributed by atoms with van der Waals surface area (Å²) in [5.74, 6) is 1.30. The lowest BCUT2D eigenvalue weighted by atomic mass is 9.81. The van der Waals surface area contributed by atoms with Gasteiger partial charge in [0.25, 0.3) is 5.91 Å². The fourth-order valence-electron chi connectivity index (χ4n) is 5.26. The number of carbonyl (C=O) groups is 1. The van der Waals surface area contributed by atoms with Crippen LogP contribution < -0.4 is 0 Å². The Morgan fingerprint density at radius 2 is 2.04 bits per heavy atom. The number of rotatable bonds is 4. The molecule has 0 aromatic heterocycles. The second-order valence-electron chi connectivity index (χ2n) is 8.57. The predicted molar refractivity (Wildman–Crippen MR) is 104 cm³/mol. The average molecular weight is 354 g/mol. The monoisotopic (exact) mass is 354 g/mol. The zero-order valence-corrected chi connectivity index (χ0v) is 16.2. The van der Waals surface area contributed by atoms with Crippen molar-refractivity contribution in [2.24, 2.45) is 16.9 Å². The second-order valence-corrected chi connectivity index (χ2v) is 8.57. The van der Waals surface area contributed by atoms with Gasteiger partial charge in [0.1, 0.15) is 0 Å². The molecule has 1 aromatic rings. The van der Waals surface area contributed by atoms with Gasteiger partial charge in [-0.1, -0.05) is 18.2 Å². The highest BCUT2D eigenvalue weighted by atomic mass is 16.2. The van der Waals surface area contributed by atoms with Crippen LogP contribution in [-0.2, 0) is 0 Å². The highest BCUT2D eigenvalue weighted by Crippen LogP contribution is 2.52. The Kier molecular flexibility index (Phi) is 4.61. The highest BCUT2D eigenvalue weighted by Gasteiger charge is 2.58. The zero-order chi connectivity index (χ0) is 18.3. The van der Waals surface area contributed by atoms with E-state index < -0.39 is 0 Å². The van der Waals surface area contributed by atoms with Crippen molar-refractivity contribution in [2.75, 3.05) is 40.3 Å². The highest BCUT2D eigenvalue weighted by molar-refractivity contribution is 5.98. The van der Waals surface area contributed by atoms with Gasteiger partial charge in [-0.3, -0.25) is 4.79 Å². The molecular weight excluding hydrogens is 324 g/mol. The van der Waals surface area contributed by atoms with Crippen LogP contribution in [0, 0.1) is 11.8 Å². The average Bonchev–Trinajstić information content (AvgIpc) is 3.28. The van der Waals surface area contributed by atoms with Crippen LogP contribution in [0.3, 0.4) is 0 Å². The van der Waals surface area contributed by atoms with Crippen LogP contribution in [0.2, 0.25) is 0 Å². The van der Waals surface area contributed by atoms with Crippen LogP contribution >= 0.6 is 0 Å². The summed E-state index contributed by atoms with van der Waals surface area (Å²) in [6, 6.07) is 9.63. The number of likely N-dealkylation sites (N-methyl/N-ethyl adjacent to an activating group) is 1. The number of hydrogen-bond acceptors (Lipinski definition) is 4. The fraction of sp³-hybridized carbons (Fsp3) is 0.619. The minimum Gasteiger partial charge on any atom is -0.308 e. The van der Waals surface area contributed by atoms with Gasteiger partial charge >= 0.3 is 0 Å². The molecule has 4 rings (SSSR count). The number of fused-ring (bicyclic) bond motifs is 2.